The van der Waals surface area contributed by atoms with Crippen LogP contribution >= 0.6 is 11.3 Å². The van der Waals surface area contributed by atoms with Gasteiger partial charge in [-0.05, 0) is 33.7 Å². The van der Waals surface area contributed by atoms with Crippen molar-refractivity contribution in [1.82, 2.24) is 10.3 Å². The van der Waals surface area contributed by atoms with Crippen LogP contribution in [0.15, 0.2) is 0 Å². The molecule has 1 fully saturated rings. The Balaban J connectivity index is 2.31. The van der Waals surface area contributed by atoms with E-state index < -0.39 is 0 Å². The van der Waals surface area contributed by atoms with Crippen LogP contribution in [0.4, 0.5) is 0 Å². The molecule has 1 aromatic rings. The van der Waals surface area contributed by atoms with E-state index in [2.05, 4.69) is 26.2 Å². The third kappa shape index (κ3) is 2.16. The Morgan fingerprint density at radius 2 is 1.75 bits per heavy atom. The highest BCUT2D eigenvalue weighted by molar-refractivity contribution is 7.11. The Kier molecular flexibility index (Phi) is 3.65. The van der Waals surface area contributed by atoms with Gasteiger partial charge >= 0.3 is 0 Å². The van der Waals surface area contributed by atoms with E-state index in [0.717, 1.165) is 0 Å². The zero-order chi connectivity index (χ0) is 11.6. The van der Waals surface area contributed by atoms with Crippen molar-refractivity contribution < 1.29 is 0 Å². The van der Waals surface area contributed by atoms with E-state index in [9.17, 15) is 0 Å². The molecule has 0 bridgehead atoms. The molecule has 0 atom stereocenters. The van der Waals surface area contributed by atoms with E-state index in [0.29, 0.717) is 0 Å². The largest absolute Gasteiger partial charge is 0.308 e. The van der Waals surface area contributed by atoms with Crippen molar-refractivity contribution in [2.24, 2.45) is 0 Å². The average Bonchev–Trinajstić information content (AvgIpc) is 2.54. The van der Waals surface area contributed by atoms with Crippen molar-refractivity contribution in [3.63, 3.8) is 0 Å². The van der Waals surface area contributed by atoms with Crippen molar-refractivity contribution in [2.75, 3.05) is 7.05 Å². The molecule has 0 aromatic carbocycles. The summed E-state index contributed by atoms with van der Waals surface area (Å²) < 4.78 is 0. The molecular formula is C13H22N2S. The maximum absolute atomic E-state index is 4.77. The number of rotatable bonds is 2. The Bertz CT molecular complexity index is 329. The first-order chi connectivity index (χ1) is 7.68. The SMILES string of the molecule is CNC1(c2nc(C)c(C)s2)CCCCCC1. The Labute approximate surface area is 102 Å². The summed E-state index contributed by atoms with van der Waals surface area (Å²) in [7, 11) is 2.09. The third-order valence-electron chi connectivity index (χ3n) is 3.87. The fourth-order valence-corrected chi connectivity index (χ4v) is 3.75. The van der Waals surface area contributed by atoms with E-state index in [1.54, 1.807) is 0 Å². The second-order valence-electron chi connectivity index (χ2n) is 4.91. The van der Waals surface area contributed by atoms with Crippen LogP contribution in [0.2, 0.25) is 0 Å². The lowest BCUT2D eigenvalue weighted by Crippen LogP contribution is -2.39. The highest BCUT2D eigenvalue weighted by atomic mass is 32.1. The predicted molar refractivity (Wildman–Crippen MR) is 70.0 cm³/mol. The zero-order valence-corrected chi connectivity index (χ0v) is 11.4. The summed E-state index contributed by atoms with van der Waals surface area (Å²) in [6.45, 7) is 4.30. The van der Waals surface area contributed by atoms with Gasteiger partial charge in [0.1, 0.15) is 5.01 Å². The molecule has 0 unspecified atom stereocenters. The van der Waals surface area contributed by atoms with Gasteiger partial charge in [0, 0.05) is 4.88 Å². The summed E-state index contributed by atoms with van der Waals surface area (Å²) in [5.74, 6) is 0. The lowest BCUT2D eigenvalue weighted by Gasteiger charge is -2.30. The van der Waals surface area contributed by atoms with Gasteiger partial charge in [-0.2, -0.15) is 0 Å². The fourth-order valence-electron chi connectivity index (χ4n) is 2.58. The number of hydrogen-bond acceptors (Lipinski definition) is 3. The predicted octanol–water partition coefficient (Wildman–Crippen LogP) is 3.53. The minimum atomic E-state index is 0.167. The van der Waals surface area contributed by atoms with E-state index in [1.165, 1.54) is 54.1 Å². The number of nitrogens with zero attached hydrogens (tertiary/aromatic N) is 1. The molecule has 1 aliphatic rings. The summed E-state index contributed by atoms with van der Waals surface area (Å²) >= 11 is 1.88. The van der Waals surface area contributed by atoms with Gasteiger partial charge in [0.2, 0.25) is 0 Å². The summed E-state index contributed by atoms with van der Waals surface area (Å²) in [5, 5.41) is 4.87. The molecule has 0 radical (unpaired) electrons. The molecular weight excluding hydrogens is 216 g/mol. The van der Waals surface area contributed by atoms with Gasteiger partial charge in [-0.25, -0.2) is 4.98 Å². The smallest absolute Gasteiger partial charge is 0.113 e. The van der Waals surface area contributed by atoms with E-state index in [4.69, 9.17) is 4.98 Å². The van der Waals surface area contributed by atoms with Crippen LogP contribution in [-0.4, -0.2) is 12.0 Å². The van der Waals surface area contributed by atoms with E-state index >= 15 is 0 Å². The third-order valence-corrected chi connectivity index (χ3v) is 5.15. The molecule has 0 amide bonds. The first-order valence-corrected chi connectivity index (χ1v) is 7.13. The van der Waals surface area contributed by atoms with Gasteiger partial charge in [-0.15, -0.1) is 11.3 Å². The van der Waals surface area contributed by atoms with Crippen molar-refractivity contribution in [2.45, 2.75) is 57.9 Å². The van der Waals surface area contributed by atoms with Crippen LogP contribution in [0.5, 0.6) is 0 Å². The lowest BCUT2D eigenvalue weighted by molar-refractivity contribution is 0.312. The minimum absolute atomic E-state index is 0.167. The van der Waals surface area contributed by atoms with Crippen LogP contribution in [-0.2, 0) is 5.54 Å². The Morgan fingerprint density at radius 3 is 2.19 bits per heavy atom. The first-order valence-electron chi connectivity index (χ1n) is 6.31. The van der Waals surface area contributed by atoms with Crippen LogP contribution < -0.4 is 5.32 Å². The Morgan fingerprint density at radius 1 is 1.12 bits per heavy atom. The first kappa shape index (κ1) is 12.1. The van der Waals surface area contributed by atoms with Gasteiger partial charge in [0.25, 0.3) is 0 Å². The van der Waals surface area contributed by atoms with Crippen molar-refractivity contribution in [3.05, 3.63) is 15.6 Å². The molecule has 0 aliphatic heterocycles. The molecule has 1 saturated carbocycles. The number of aromatic nitrogens is 1. The van der Waals surface area contributed by atoms with Crippen LogP contribution in [0, 0.1) is 13.8 Å². The van der Waals surface area contributed by atoms with E-state index in [-0.39, 0.29) is 5.54 Å². The second-order valence-corrected chi connectivity index (χ2v) is 6.11. The van der Waals surface area contributed by atoms with Gasteiger partial charge in [-0.1, -0.05) is 25.7 Å². The lowest BCUT2D eigenvalue weighted by atomic mass is 9.91. The van der Waals surface area contributed by atoms with Crippen molar-refractivity contribution in [3.8, 4) is 0 Å². The molecule has 1 aliphatic carbocycles. The number of thiazole rings is 1. The van der Waals surface area contributed by atoms with Crippen LogP contribution in [0.1, 0.15) is 54.1 Å². The number of nitrogens with one attached hydrogen (secondary N) is 1. The van der Waals surface area contributed by atoms with Crippen LogP contribution in [0.3, 0.4) is 0 Å². The second kappa shape index (κ2) is 4.84. The van der Waals surface area contributed by atoms with Gasteiger partial charge in [0.15, 0.2) is 0 Å². The zero-order valence-electron chi connectivity index (χ0n) is 10.6. The fraction of sp³-hybridized carbons (Fsp3) is 0.769. The summed E-state index contributed by atoms with van der Waals surface area (Å²) in [5.41, 5.74) is 1.37. The van der Waals surface area contributed by atoms with Gasteiger partial charge < -0.3 is 5.32 Å². The maximum Gasteiger partial charge on any atom is 0.113 e. The topological polar surface area (TPSA) is 24.9 Å². The molecule has 1 N–H and O–H groups in total. The van der Waals surface area contributed by atoms with Crippen molar-refractivity contribution >= 4 is 11.3 Å². The molecule has 1 heterocycles. The highest BCUT2D eigenvalue weighted by Gasteiger charge is 2.34. The molecule has 1 aromatic heterocycles. The average molecular weight is 238 g/mol. The van der Waals surface area contributed by atoms with Gasteiger partial charge in [0.05, 0.1) is 11.2 Å². The summed E-state index contributed by atoms with van der Waals surface area (Å²) in [4.78, 5) is 6.14. The molecule has 3 heteroatoms. The monoisotopic (exact) mass is 238 g/mol. The molecule has 16 heavy (non-hydrogen) atoms. The highest BCUT2D eigenvalue weighted by Crippen LogP contribution is 2.38. The molecule has 90 valence electrons. The number of aryl methyl sites for hydroxylation is 2. The summed E-state index contributed by atoms with van der Waals surface area (Å²) in [6, 6.07) is 0. The molecule has 0 spiro atoms. The Hall–Kier alpha value is -0.410. The minimum Gasteiger partial charge on any atom is -0.308 e. The normalized spacial score (nSPS) is 20.7. The molecule has 2 nitrogen and oxygen atoms in total. The van der Waals surface area contributed by atoms with Crippen molar-refractivity contribution in [1.29, 1.82) is 0 Å². The van der Waals surface area contributed by atoms with E-state index in [1.807, 2.05) is 11.3 Å². The molecule has 0 saturated heterocycles. The molecule has 2 rings (SSSR count). The maximum atomic E-state index is 4.77. The van der Waals surface area contributed by atoms with Crippen LogP contribution in [0.25, 0.3) is 0 Å². The summed E-state index contributed by atoms with van der Waals surface area (Å²) in [6.07, 6.45) is 7.92. The van der Waals surface area contributed by atoms with Gasteiger partial charge in [-0.3, -0.25) is 0 Å². The standard InChI is InChI=1S/C13H22N2S/c1-10-11(2)16-12(15-10)13(14-3)8-6-4-5-7-9-13/h14H,4-9H2,1-3H3. The number of hydrogen-bond donors (Lipinski definition) is 1. The quantitative estimate of drug-likeness (QED) is 0.797.